The van der Waals surface area contributed by atoms with Crippen molar-refractivity contribution in [2.24, 2.45) is 5.92 Å². The second kappa shape index (κ2) is 9.62. The highest BCUT2D eigenvalue weighted by molar-refractivity contribution is 5.66. The molecule has 2 aromatic rings. The van der Waals surface area contributed by atoms with Crippen LogP contribution in [0.2, 0.25) is 0 Å². The summed E-state index contributed by atoms with van der Waals surface area (Å²) in [5, 5.41) is 0. The van der Waals surface area contributed by atoms with E-state index in [0.717, 1.165) is 18.1 Å². The molecule has 0 heterocycles. The lowest BCUT2D eigenvalue weighted by molar-refractivity contribution is 0.325. The molecule has 3 rings (SSSR count). The minimum absolute atomic E-state index is 0.696. The minimum atomic E-state index is 0.696. The fourth-order valence-corrected chi connectivity index (χ4v) is 3.94. The summed E-state index contributed by atoms with van der Waals surface area (Å²) in [5.41, 5.74) is 5.73. The van der Waals surface area contributed by atoms with Gasteiger partial charge in [0.25, 0.3) is 0 Å². The number of benzene rings is 2. The van der Waals surface area contributed by atoms with Crippen molar-refractivity contribution in [3.63, 3.8) is 0 Å². The van der Waals surface area contributed by atoms with Crippen LogP contribution in [0.3, 0.4) is 0 Å². The van der Waals surface area contributed by atoms with E-state index in [9.17, 15) is 0 Å². The van der Waals surface area contributed by atoms with Gasteiger partial charge in [0, 0.05) is 0 Å². The van der Waals surface area contributed by atoms with Gasteiger partial charge < -0.3 is 4.74 Å². The average molecular weight is 349 g/mol. The molecular formula is C25H32O. The largest absolute Gasteiger partial charge is 0.493 e. The number of hydrogen-bond acceptors (Lipinski definition) is 1. The quantitative estimate of drug-likeness (QED) is 0.350. The van der Waals surface area contributed by atoms with Crippen LogP contribution in [0.15, 0.2) is 55.1 Å². The maximum Gasteiger partial charge on any atom is 0.119 e. The first-order chi connectivity index (χ1) is 12.8. The molecule has 0 saturated heterocycles. The molecule has 0 bridgehead atoms. The molecule has 0 N–H and O–H groups in total. The maximum absolute atomic E-state index is 5.71. The van der Waals surface area contributed by atoms with Crippen molar-refractivity contribution >= 4 is 0 Å². The Morgan fingerprint density at radius 2 is 1.85 bits per heavy atom. The van der Waals surface area contributed by atoms with Crippen LogP contribution in [0.4, 0.5) is 0 Å². The molecule has 1 aliphatic carbocycles. The van der Waals surface area contributed by atoms with E-state index in [-0.39, 0.29) is 0 Å². The Morgan fingerprint density at radius 1 is 1.04 bits per heavy atom. The minimum Gasteiger partial charge on any atom is -0.493 e. The summed E-state index contributed by atoms with van der Waals surface area (Å²) in [6.45, 7) is 6.71. The Morgan fingerprint density at radius 3 is 2.62 bits per heavy atom. The lowest BCUT2D eigenvalue weighted by Gasteiger charge is -2.25. The van der Waals surface area contributed by atoms with Gasteiger partial charge in [-0.15, -0.1) is 6.58 Å². The monoisotopic (exact) mass is 348 g/mol. The molecule has 138 valence electrons. The van der Waals surface area contributed by atoms with Crippen molar-refractivity contribution in [2.45, 2.75) is 58.3 Å². The van der Waals surface area contributed by atoms with Gasteiger partial charge >= 0.3 is 0 Å². The van der Waals surface area contributed by atoms with E-state index in [4.69, 9.17) is 4.74 Å². The van der Waals surface area contributed by atoms with Gasteiger partial charge in [-0.2, -0.15) is 0 Å². The summed E-state index contributed by atoms with van der Waals surface area (Å²) >= 11 is 0. The van der Waals surface area contributed by atoms with Crippen LogP contribution in [-0.4, -0.2) is 6.61 Å². The van der Waals surface area contributed by atoms with Crippen LogP contribution in [0.25, 0.3) is 11.1 Å². The summed E-state index contributed by atoms with van der Waals surface area (Å²) in [5.74, 6) is 1.83. The van der Waals surface area contributed by atoms with Gasteiger partial charge in [0.1, 0.15) is 5.75 Å². The predicted octanol–water partition coefficient (Wildman–Crippen LogP) is 6.99. The second-order valence-corrected chi connectivity index (χ2v) is 7.54. The van der Waals surface area contributed by atoms with Crippen molar-refractivity contribution in [2.75, 3.05) is 6.61 Å². The normalized spacial score (nSPS) is 16.1. The summed E-state index contributed by atoms with van der Waals surface area (Å²) < 4.78 is 5.71. The first-order valence-corrected chi connectivity index (χ1v) is 10.3. The molecule has 0 amide bonds. The SMILES string of the molecule is C=CCCOc1ccc(-c2ccc3c(c2)CCC(CCCCC)C3)cc1. The first kappa shape index (κ1) is 18.8. The number of fused-ring (bicyclic) bond motifs is 1. The number of aryl methyl sites for hydroxylation is 1. The molecule has 1 atom stereocenters. The van der Waals surface area contributed by atoms with Gasteiger partial charge in [-0.1, -0.05) is 69.0 Å². The molecule has 2 aromatic carbocycles. The lowest BCUT2D eigenvalue weighted by atomic mass is 9.80. The molecule has 26 heavy (non-hydrogen) atoms. The van der Waals surface area contributed by atoms with Crippen LogP contribution in [-0.2, 0) is 12.8 Å². The van der Waals surface area contributed by atoms with E-state index in [2.05, 4.69) is 56.0 Å². The Hall–Kier alpha value is -2.02. The number of ether oxygens (including phenoxy) is 1. The fraction of sp³-hybridized carbons (Fsp3) is 0.440. The molecule has 1 aliphatic rings. The van der Waals surface area contributed by atoms with E-state index in [1.165, 1.54) is 56.1 Å². The van der Waals surface area contributed by atoms with Crippen molar-refractivity contribution < 1.29 is 4.74 Å². The summed E-state index contributed by atoms with van der Waals surface area (Å²) in [4.78, 5) is 0. The fourth-order valence-electron chi connectivity index (χ4n) is 3.94. The zero-order valence-electron chi connectivity index (χ0n) is 16.2. The molecule has 0 aliphatic heterocycles. The maximum atomic E-state index is 5.71. The summed E-state index contributed by atoms with van der Waals surface area (Å²) in [7, 11) is 0. The zero-order chi connectivity index (χ0) is 18.2. The highest BCUT2D eigenvalue weighted by Crippen LogP contribution is 2.32. The molecule has 0 aromatic heterocycles. The highest BCUT2D eigenvalue weighted by Gasteiger charge is 2.18. The Labute approximate surface area is 159 Å². The van der Waals surface area contributed by atoms with Gasteiger partial charge in [0.05, 0.1) is 6.61 Å². The predicted molar refractivity (Wildman–Crippen MR) is 112 cm³/mol. The molecule has 1 unspecified atom stereocenters. The molecule has 0 radical (unpaired) electrons. The molecular weight excluding hydrogens is 316 g/mol. The number of rotatable bonds is 9. The van der Waals surface area contributed by atoms with Gasteiger partial charge in [0.2, 0.25) is 0 Å². The zero-order valence-corrected chi connectivity index (χ0v) is 16.2. The third-order valence-electron chi connectivity index (χ3n) is 5.53. The van der Waals surface area contributed by atoms with Crippen molar-refractivity contribution in [3.05, 3.63) is 66.2 Å². The average Bonchev–Trinajstić information content (AvgIpc) is 2.68. The third kappa shape index (κ3) is 5.00. The van der Waals surface area contributed by atoms with Crippen LogP contribution in [0, 0.1) is 5.92 Å². The number of unbranched alkanes of at least 4 members (excludes halogenated alkanes) is 2. The van der Waals surface area contributed by atoms with Crippen LogP contribution < -0.4 is 4.74 Å². The van der Waals surface area contributed by atoms with Crippen LogP contribution in [0.1, 0.15) is 56.6 Å². The van der Waals surface area contributed by atoms with E-state index in [0.29, 0.717) is 6.61 Å². The van der Waals surface area contributed by atoms with Crippen molar-refractivity contribution in [3.8, 4) is 16.9 Å². The van der Waals surface area contributed by atoms with Crippen molar-refractivity contribution in [1.29, 1.82) is 0 Å². The highest BCUT2D eigenvalue weighted by atomic mass is 16.5. The number of hydrogen-bond donors (Lipinski definition) is 0. The molecule has 1 heteroatoms. The summed E-state index contributed by atoms with van der Waals surface area (Å²) in [6.07, 6.45) is 12.1. The van der Waals surface area contributed by atoms with Gasteiger partial charge in [0.15, 0.2) is 0 Å². The smallest absolute Gasteiger partial charge is 0.119 e. The van der Waals surface area contributed by atoms with Crippen LogP contribution >= 0.6 is 0 Å². The van der Waals surface area contributed by atoms with Crippen molar-refractivity contribution in [1.82, 2.24) is 0 Å². The van der Waals surface area contributed by atoms with E-state index in [1.807, 2.05) is 6.08 Å². The van der Waals surface area contributed by atoms with Gasteiger partial charge in [-0.25, -0.2) is 0 Å². The van der Waals surface area contributed by atoms with E-state index in [1.54, 1.807) is 11.1 Å². The standard InChI is InChI=1S/C25H32O/c1-3-5-7-8-20-9-10-24-19-23(12-11-22(24)18-20)21-13-15-25(16-14-21)26-17-6-4-2/h4,11-16,19-20H,2-3,5-10,17-18H2,1H3. The van der Waals surface area contributed by atoms with Crippen LogP contribution in [0.5, 0.6) is 5.75 Å². The van der Waals surface area contributed by atoms with Gasteiger partial charge in [-0.3, -0.25) is 0 Å². The Balaban J connectivity index is 1.63. The topological polar surface area (TPSA) is 9.23 Å². The first-order valence-electron chi connectivity index (χ1n) is 10.3. The lowest BCUT2D eigenvalue weighted by Crippen LogP contribution is -2.14. The molecule has 0 saturated carbocycles. The Bertz CT molecular complexity index is 699. The van der Waals surface area contributed by atoms with E-state index < -0.39 is 0 Å². The summed E-state index contributed by atoms with van der Waals surface area (Å²) in [6, 6.07) is 15.5. The second-order valence-electron chi connectivity index (χ2n) is 7.54. The molecule has 0 spiro atoms. The van der Waals surface area contributed by atoms with Gasteiger partial charge in [-0.05, 0) is 66.0 Å². The Kier molecular flexibility index (Phi) is 6.94. The third-order valence-corrected chi connectivity index (χ3v) is 5.53. The molecule has 0 fully saturated rings. The molecule has 1 nitrogen and oxygen atoms in total. The van der Waals surface area contributed by atoms with E-state index >= 15 is 0 Å².